The van der Waals surface area contributed by atoms with E-state index in [4.69, 9.17) is 4.74 Å². The molecular weight excluding hydrogens is 317 g/mol. The predicted molar refractivity (Wildman–Crippen MR) is 95.5 cm³/mol. The molecule has 0 radical (unpaired) electrons. The van der Waals surface area contributed by atoms with Crippen LogP contribution >= 0.6 is 0 Å². The van der Waals surface area contributed by atoms with Crippen LogP contribution in [0, 0.1) is 11.2 Å². The van der Waals surface area contributed by atoms with Crippen LogP contribution in [-0.4, -0.2) is 19.1 Å². The van der Waals surface area contributed by atoms with E-state index in [2.05, 4.69) is 5.32 Å². The molecule has 1 aliphatic heterocycles. The zero-order chi connectivity index (χ0) is 17.5. The number of ether oxygens (including phenoxy) is 1. The van der Waals surface area contributed by atoms with Crippen molar-refractivity contribution in [2.24, 2.45) is 5.41 Å². The minimum atomic E-state index is -0.231. The number of hydrogen-bond donors (Lipinski definition) is 1. The second kappa shape index (κ2) is 8.26. The largest absolute Gasteiger partial charge is 0.461 e. The molecular formula is C21H24FNO2. The van der Waals surface area contributed by atoms with Crippen molar-refractivity contribution in [3.05, 3.63) is 71.5 Å². The summed E-state index contributed by atoms with van der Waals surface area (Å²) in [5.74, 6) is -0.391. The second-order valence-corrected chi connectivity index (χ2v) is 6.88. The lowest BCUT2D eigenvalue weighted by molar-refractivity contribution is -0.148. The van der Waals surface area contributed by atoms with Gasteiger partial charge in [-0.05, 0) is 61.0 Å². The summed E-state index contributed by atoms with van der Waals surface area (Å²) in [5.41, 5.74) is 1.95. The molecule has 0 aromatic heterocycles. The molecule has 0 unspecified atom stereocenters. The third-order valence-electron chi connectivity index (χ3n) is 4.92. The zero-order valence-electron chi connectivity index (χ0n) is 14.3. The summed E-state index contributed by atoms with van der Waals surface area (Å²) in [4.78, 5) is 12.4. The van der Waals surface area contributed by atoms with Crippen LogP contribution in [-0.2, 0) is 22.6 Å². The molecule has 0 bridgehead atoms. The standard InChI is InChI=1S/C21H24FNO2/c22-19-8-6-17(7-9-19)14-21(10-12-23-13-11-21)15-20(24)25-16-18-4-2-1-3-5-18/h1-9,23H,10-16H2. The summed E-state index contributed by atoms with van der Waals surface area (Å²) in [7, 11) is 0. The molecule has 4 heteroatoms. The van der Waals surface area contributed by atoms with Crippen molar-refractivity contribution in [3.8, 4) is 0 Å². The first-order chi connectivity index (χ1) is 12.2. The van der Waals surface area contributed by atoms with Crippen molar-refractivity contribution in [3.63, 3.8) is 0 Å². The molecule has 1 fully saturated rings. The van der Waals surface area contributed by atoms with Gasteiger partial charge in [-0.15, -0.1) is 0 Å². The normalized spacial score (nSPS) is 16.4. The van der Waals surface area contributed by atoms with E-state index in [1.165, 1.54) is 12.1 Å². The molecule has 2 aromatic carbocycles. The topological polar surface area (TPSA) is 38.3 Å². The molecule has 1 heterocycles. The van der Waals surface area contributed by atoms with Crippen molar-refractivity contribution in [1.29, 1.82) is 0 Å². The highest BCUT2D eigenvalue weighted by Crippen LogP contribution is 2.37. The first-order valence-electron chi connectivity index (χ1n) is 8.80. The van der Waals surface area contributed by atoms with E-state index in [1.54, 1.807) is 0 Å². The molecule has 0 saturated carbocycles. The zero-order valence-corrected chi connectivity index (χ0v) is 14.3. The Hall–Kier alpha value is -2.20. The van der Waals surface area contributed by atoms with Gasteiger partial charge < -0.3 is 10.1 Å². The second-order valence-electron chi connectivity index (χ2n) is 6.88. The van der Waals surface area contributed by atoms with Crippen LogP contribution in [0.3, 0.4) is 0 Å². The number of piperidine rings is 1. The molecule has 132 valence electrons. The minimum absolute atomic E-state index is 0.114. The van der Waals surface area contributed by atoms with Gasteiger partial charge in [0.1, 0.15) is 12.4 Å². The Labute approximate surface area is 148 Å². The average Bonchev–Trinajstić information content (AvgIpc) is 2.63. The van der Waals surface area contributed by atoms with Crippen LogP contribution in [0.5, 0.6) is 0 Å². The molecule has 2 aromatic rings. The van der Waals surface area contributed by atoms with Gasteiger partial charge in [0, 0.05) is 0 Å². The lowest BCUT2D eigenvalue weighted by Crippen LogP contribution is -2.40. The Morgan fingerprint density at radius 1 is 1.00 bits per heavy atom. The van der Waals surface area contributed by atoms with Gasteiger partial charge in [0.05, 0.1) is 6.42 Å². The van der Waals surface area contributed by atoms with Gasteiger partial charge in [-0.3, -0.25) is 4.79 Å². The van der Waals surface area contributed by atoms with Gasteiger partial charge in [0.15, 0.2) is 0 Å². The maximum Gasteiger partial charge on any atom is 0.306 e. The number of benzene rings is 2. The van der Waals surface area contributed by atoms with Crippen molar-refractivity contribution in [2.75, 3.05) is 13.1 Å². The number of halogens is 1. The molecule has 3 rings (SSSR count). The van der Waals surface area contributed by atoms with Crippen LogP contribution in [0.4, 0.5) is 4.39 Å². The minimum Gasteiger partial charge on any atom is -0.461 e. The number of rotatable bonds is 6. The van der Waals surface area contributed by atoms with Gasteiger partial charge in [-0.25, -0.2) is 4.39 Å². The van der Waals surface area contributed by atoms with Gasteiger partial charge in [-0.1, -0.05) is 42.5 Å². The summed E-state index contributed by atoms with van der Waals surface area (Å²) in [6.07, 6.45) is 3.02. The van der Waals surface area contributed by atoms with Crippen LogP contribution in [0.15, 0.2) is 54.6 Å². The van der Waals surface area contributed by atoms with E-state index in [1.807, 2.05) is 42.5 Å². The van der Waals surface area contributed by atoms with Gasteiger partial charge in [0.2, 0.25) is 0 Å². The fourth-order valence-electron chi connectivity index (χ4n) is 3.50. The van der Waals surface area contributed by atoms with E-state index in [0.717, 1.165) is 43.5 Å². The van der Waals surface area contributed by atoms with Crippen molar-refractivity contribution < 1.29 is 13.9 Å². The Morgan fingerprint density at radius 2 is 1.68 bits per heavy atom. The van der Waals surface area contributed by atoms with E-state index in [0.29, 0.717) is 13.0 Å². The van der Waals surface area contributed by atoms with Crippen molar-refractivity contribution in [2.45, 2.75) is 32.3 Å². The van der Waals surface area contributed by atoms with E-state index in [-0.39, 0.29) is 17.2 Å². The van der Waals surface area contributed by atoms with Crippen LogP contribution < -0.4 is 5.32 Å². The summed E-state index contributed by atoms with van der Waals surface area (Å²) in [5, 5.41) is 3.35. The van der Waals surface area contributed by atoms with Crippen molar-refractivity contribution >= 4 is 5.97 Å². The SMILES string of the molecule is O=C(CC1(Cc2ccc(F)cc2)CCNCC1)OCc1ccccc1. The Bertz CT molecular complexity index is 679. The van der Waals surface area contributed by atoms with E-state index < -0.39 is 0 Å². The first kappa shape index (κ1) is 17.6. The molecule has 0 amide bonds. The Kier molecular flexibility index (Phi) is 5.82. The summed E-state index contributed by atoms with van der Waals surface area (Å²) >= 11 is 0. The molecule has 0 aliphatic carbocycles. The van der Waals surface area contributed by atoms with Gasteiger partial charge in [-0.2, -0.15) is 0 Å². The maximum absolute atomic E-state index is 13.1. The van der Waals surface area contributed by atoms with E-state index >= 15 is 0 Å². The maximum atomic E-state index is 13.1. The monoisotopic (exact) mass is 341 g/mol. The summed E-state index contributed by atoms with van der Waals surface area (Å²) in [6.45, 7) is 2.10. The molecule has 3 nitrogen and oxygen atoms in total. The molecule has 0 atom stereocenters. The third-order valence-corrected chi connectivity index (χ3v) is 4.92. The molecule has 0 spiro atoms. The number of hydrogen-bond acceptors (Lipinski definition) is 3. The highest BCUT2D eigenvalue weighted by molar-refractivity contribution is 5.70. The smallest absolute Gasteiger partial charge is 0.306 e. The van der Waals surface area contributed by atoms with Crippen LogP contribution in [0.2, 0.25) is 0 Å². The lowest BCUT2D eigenvalue weighted by Gasteiger charge is -2.37. The van der Waals surface area contributed by atoms with Gasteiger partial charge >= 0.3 is 5.97 Å². The number of carbonyl (C=O) groups is 1. The number of carbonyl (C=O) groups excluding carboxylic acids is 1. The Morgan fingerprint density at radius 3 is 2.36 bits per heavy atom. The molecule has 1 N–H and O–H groups in total. The molecule has 25 heavy (non-hydrogen) atoms. The van der Waals surface area contributed by atoms with Crippen LogP contribution in [0.25, 0.3) is 0 Å². The summed E-state index contributed by atoms with van der Waals surface area (Å²) < 4.78 is 18.6. The molecule has 1 aliphatic rings. The number of nitrogens with one attached hydrogen (secondary N) is 1. The average molecular weight is 341 g/mol. The predicted octanol–water partition coefficient (Wildman–Crippen LogP) is 3.87. The van der Waals surface area contributed by atoms with Crippen LogP contribution in [0.1, 0.15) is 30.4 Å². The highest BCUT2D eigenvalue weighted by atomic mass is 19.1. The Balaban J connectivity index is 1.63. The number of esters is 1. The van der Waals surface area contributed by atoms with Crippen molar-refractivity contribution in [1.82, 2.24) is 5.32 Å². The van der Waals surface area contributed by atoms with E-state index in [9.17, 15) is 9.18 Å². The fourth-order valence-corrected chi connectivity index (χ4v) is 3.50. The first-order valence-corrected chi connectivity index (χ1v) is 8.80. The van der Waals surface area contributed by atoms with Gasteiger partial charge in [0.25, 0.3) is 0 Å². The fraction of sp³-hybridized carbons (Fsp3) is 0.381. The highest BCUT2D eigenvalue weighted by Gasteiger charge is 2.35. The third kappa shape index (κ3) is 5.13. The molecule has 1 saturated heterocycles. The lowest BCUT2D eigenvalue weighted by atomic mass is 9.72. The quantitative estimate of drug-likeness (QED) is 0.811. The summed E-state index contributed by atoms with van der Waals surface area (Å²) in [6, 6.07) is 16.3.